The van der Waals surface area contributed by atoms with Crippen molar-refractivity contribution in [3.05, 3.63) is 29.8 Å². The second kappa shape index (κ2) is 13.1. The highest BCUT2D eigenvalue weighted by Gasteiger charge is 2.27. The summed E-state index contributed by atoms with van der Waals surface area (Å²) >= 11 is 0. The molecule has 0 saturated carbocycles. The lowest BCUT2D eigenvalue weighted by Gasteiger charge is -2.24. The van der Waals surface area contributed by atoms with Crippen LogP contribution in [0.15, 0.2) is 24.3 Å². The molecule has 0 spiro atoms. The van der Waals surface area contributed by atoms with Crippen LogP contribution in [0.2, 0.25) is 0 Å². The van der Waals surface area contributed by atoms with Gasteiger partial charge in [0.2, 0.25) is 23.6 Å². The van der Waals surface area contributed by atoms with Crippen LogP contribution >= 0.6 is 0 Å². The number of rotatable bonds is 5. The first-order chi connectivity index (χ1) is 17.7. The Balaban J connectivity index is 1.78. The lowest BCUT2D eigenvalue weighted by Crippen LogP contribution is -2.49. The molecule has 3 rings (SSSR count). The van der Waals surface area contributed by atoms with Crippen LogP contribution in [-0.4, -0.2) is 91.3 Å². The Morgan fingerprint density at radius 3 is 2.57 bits per heavy atom. The number of ether oxygens (including phenoxy) is 1. The first kappa shape index (κ1) is 27.9. The summed E-state index contributed by atoms with van der Waals surface area (Å²) in [5.74, 6) is -1.16. The molecule has 1 aromatic rings. The summed E-state index contributed by atoms with van der Waals surface area (Å²) in [6, 6.07) is 5.36. The van der Waals surface area contributed by atoms with E-state index in [4.69, 9.17) is 4.74 Å². The largest absolute Gasteiger partial charge is 0.491 e. The van der Waals surface area contributed by atoms with E-state index in [9.17, 15) is 24.0 Å². The average Bonchev–Trinajstić information content (AvgIpc) is 3.27. The maximum atomic E-state index is 13.2. The number of nitrogens with one attached hydrogen (secondary N) is 3. The first-order valence-electron chi connectivity index (χ1n) is 12.8. The van der Waals surface area contributed by atoms with E-state index in [2.05, 4.69) is 16.0 Å². The molecule has 2 atom stereocenters. The fourth-order valence-electron chi connectivity index (χ4n) is 4.26. The molecule has 3 N–H and O–H groups in total. The number of fused-ring (bicyclic) bond motifs is 1. The minimum atomic E-state index is -0.991. The monoisotopic (exact) mass is 515 g/mol. The molecule has 202 valence electrons. The van der Waals surface area contributed by atoms with Crippen LogP contribution in [0.5, 0.6) is 5.75 Å². The Bertz CT molecular complexity index is 1010. The predicted molar refractivity (Wildman–Crippen MR) is 136 cm³/mol. The topological polar surface area (TPSA) is 137 Å². The standard InChI is InChI=1S/C26H37N5O6/c1-17(2)20-16-37-21-8-5-4-7-18(21)25(35)29-19(10-11-23(33)30(3)15-22(32)28-20)26(36)27-12-14-31-13-6-9-24(31)34/h4-5,7-8,17,19-20H,6,9-16H2,1-3H3,(H,27,36)(H,28,32)(H,29,35)/t19-,20+/m0/s1. The number of hydrogen-bond acceptors (Lipinski definition) is 6. The predicted octanol–water partition coefficient (Wildman–Crippen LogP) is 0.295. The Morgan fingerprint density at radius 2 is 1.86 bits per heavy atom. The Kier molecular flexibility index (Phi) is 9.87. The van der Waals surface area contributed by atoms with Gasteiger partial charge in [-0.3, -0.25) is 24.0 Å². The fourth-order valence-corrected chi connectivity index (χ4v) is 4.26. The van der Waals surface area contributed by atoms with Crippen molar-refractivity contribution in [1.82, 2.24) is 25.8 Å². The Hall–Kier alpha value is -3.63. The van der Waals surface area contributed by atoms with Crippen LogP contribution in [0.4, 0.5) is 0 Å². The van der Waals surface area contributed by atoms with Crippen molar-refractivity contribution in [1.29, 1.82) is 0 Å². The number of carbonyl (C=O) groups is 5. The molecule has 1 fully saturated rings. The molecule has 2 aliphatic heterocycles. The number of benzene rings is 1. The molecule has 0 unspecified atom stereocenters. The van der Waals surface area contributed by atoms with Gasteiger partial charge in [0.25, 0.3) is 5.91 Å². The lowest BCUT2D eigenvalue weighted by atomic mass is 10.1. The number of carbonyl (C=O) groups excluding carboxylic acids is 5. The summed E-state index contributed by atoms with van der Waals surface area (Å²) < 4.78 is 5.94. The van der Waals surface area contributed by atoms with Crippen molar-refractivity contribution >= 4 is 29.5 Å². The zero-order valence-electron chi connectivity index (χ0n) is 21.7. The van der Waals surface area contributed by atoms with Gasteiger partial charge in [0, 0.05) is 39.5 Å². The van der Waals surface area contributed by atoms with E-state index in [1.54, 1.807) is 29.2 Å². The number of para-hydroxylation sites is 1. The maximum Gasteiger partial charge on any atom is 0.255 e. The molecule has 2 heterocycles. The summed E-state index contributed by atoms with van der Waals surface area (Å²) in [6.07, 6.45) is 1.32. The van der Waals surface area contributed by atoms with Gasteiger partial charge in [-0.25, -0.2) is 0 Å². The lowest BCUT2D eigenvalue weighted by molar-refractivity contribution is -0.135. The van der Waals surface area contributed by atoms with Gasteiger partial charge in [0.15, 0.2) is 0 Å². The van der Waals surface area contributed by atoms with E-state index in [1.165, 1.54) is 11.9 Å². The molecular formula is C26H37N5O6. The first-order valence-corrected chi connectivity index (χ1v) is 12.8. The van der Waals surface area contributed by atoms with Gasteiger partial charge in [0.1, 0.15) is 18.4 Å². The third-order valence-electron chi connectivity index (χ3n) is 6.63. The molecule has 11 nitrogen and oxygen atoms in total. The van der Waals surface area contributed by atoms with Crippen molar-refractivity contribution in [2.45, 2.75) is 51.6 Å². The molecule has 2 aliphatic rings. The molecule has 11 heteroatoms. The third-order valence-corrected chi connectivity index (χ3v) is 6.63. The van der Waals surface area contributed by atoms with E-state index in [1.807, 2.05) is 13.8 Å². The van der Waals surface area contributed by atoms with Gasteiger partial charge in [-0.1, -0.05) is 26.0 Å². The van der Waals surface area contributed by atoms with E-state index in [-0.39, 0.29) is 67.8 Å². The molecule has 37 heavy (non-hydrogen) atoms. The number of nitrogens with zero attached hydrogens (tertiary/aromatic N) is 2. The van der Waals surface area contributed by atoms with Crippen LogP contribution in [0.25, 0.3) is 0 Å². The van der Waals surface area contributed by atoms with Crippen LogP contribution < -0.4 is 20.7 Å². The van der Waals surface area contributed by atoms with Gasteiger partial charge >= 0.3 is 0 Å². The van der Waals surface area contributed by atoms with Gasteiger partial charge in [-0.05, 0) is 30.9 Å². The third kappa shape index (κ3) is 7.93. The maximum absolute atomic E-state index is 13.2. The van der Waals surface area contributed by atoms with Gasteiger partial charge in [-0.2, -0.15) is 0 Å². The molecule has 1 aromatic carbocycles. The number of amides is 5. The number of likely N-dealkylation sites (tertiary alicyclic amines) is 1. The second-order valence-corrected chi connectivity index (χ2v) is 9.82. The van der Waals surface area contributed by atoms with Gasteiger partial charge in [0.05, 0.1) is 18.2 Å². The van der Waals surface area contributed by atoms with Crippen LogP contribution in [0, 0.1) is 5.92 Å². The van der Waals surface area contributed by atoms with Crippen molar-refractivity contribution in [3.63, 3.8) is 0 Å². The van der Waals surface area contributed by atoms with Crippen LogP contribution in [-0.2, 0) is 19.2 Å². The summed E-state index contributed by atoms with van der Waals surface area (Å²) in [5.41, 5.74) is 0.245. The van der Waals surface area contributed by atoms with Crippen LogP contribution in [0.3, 0.4) is 0 Å². The number of likely N-dealkylation sites (N-methyl/N-ethyl adjacent to an activating group) is 1. The average molecular weight is 516 g/mol. The minimum absolute atomic E-state index is 0.0431. The van der Waals surface area contributed by atoms with Gasteiger partial charge in [-0.15, -0.1) is 0 Å². The van der Waals surface area contributed by atoms with E-state index >= 15 is 0 Å². The Morgan fingerprint density at radius 1 is 1.11 bits per heavy atom. The summed E-state index contributed by atoms with van der Waals surface area (Å²) in [4.78, 5) is 66.4. The molecule has 0 aliphatic carbocycles. The smallest absolute Gasteiger partial charge is 0.255 e. The SMILES string of the molecule is CC(C)[C@H]1COc2ccccc2C(=O)N[C@H](C(=O)NCCN2CCCC2=O)CCC(=O)N(C)CC(=O)N1. The van der Waals surface area contributed by atoms with Gasteiger partial charge < -0.3 is 30.5 Å². The minimum Gasteiger partial charge on any atom is -0.491 e. The summed E-state index contributed by atoms with van der Waals surface area (Å²) in [7, 11) is 1.53. The Labute approximate surface area is 217 Å². The zero-order chi connectivity index (χ0) is 26.9. The van der Waals surface area contributed by atoms with E-state index < -0.39 is 17.9 Å². The highest BCUT2D eigenvalue weighted by atomic mass is 16.5. The second-order valence-electron chi connectivity index (χ2n) is 9.82. The van der Waals surface area contributed by atoms with Crippen molar-refractivity contribution in [2.24, 2.45) is 5.92 Å². The number of hydrogen-bond donors (Lipinski definition) is 3. The van der Waals surface area contributed by atoms with Crippen LogP contribution in [0.1, 0.15) is 49.9 Å². The highest BCUT2D eigenvalue weighted by molar-refractivity contribution is 5.99. The quantitative estimate of drug-likeness (QED) is 0.516. The molecule has 0 radical (unpaired) electrons. The molecule has 1 saturated heterocycles. The molecular weight excluding hydrogens is 478 g/mol. The van der Waals surface area contributed by atoms with E-state index in [0.717, 1.165) is 6.42 Å². The van der Waals surface area contributed by atoms with Crippen molar-refractivity contribution in [2.75, 3.05) is 39.8 Å². The molecule has 0 bridgehead atoms. The van der Waals surface area contributed by atoms with Crippen molar-refractivity contribution < 1.29 is 28.7 Å². The fraction of sp³-hybridized carbons (Fsp3) is 0.577. The highest BCUT2D eigenvalue weighted by Crippen LogP contribution is 2.20. The molecule has 0 aromatic heterocycles. The van der Waals surface area contributed by atoms with Crippen molar-refractivity contribution in [3.8, 4) is 5.75 Å². The summed E-state index contributed by atoms with van der Waals surface area (Å²) in [5, 5.41) is 8.42. The summed E-state index contributed by atoms with van der Waals surface area (Å²) in [6.45, 7) is 5.17. The molecule has 5 amide bonds. The van der Waals surface area contributed by atoms with E-state index in [0.29, 0.717) is 25.3 Å². The zero-order valence-corrected chi connectivity index (χ0v) is 21.7. The normalized spacial score (nSPS) is 21.9.